The Hall–Kier alpha value is -3.89. The number of fused-ring (bicyclic) bond motifs is 1. The molecule has 3 aromatic carbocycles. The first-order chi connectivity index (χ1) is 17.6. The first-order valence-electron chi connectivity index (χ1n) is 11.3. The molecule has 0 radical (unpaired) electrons. The number of carbonyl (C=O) groups is 1. The van der Waals surface area contributed by atoms with Crippen LogP contribution >= 0.6 is 11.6 Å². The Bertz CT molecular complexity index is 1580. The minimum atomic E-state index is -4.14. The second-order valence-electron chi connectivity index (χ2n) is 8.14. The number of anilines is 1. The Kier molecular flexibility index (Phi) is 7.51. The Morgan fingerprint density at radius 2 is 1.81 bits per heavy atom. The molecule has 4 rings (SSSR count). The molecule has 0 saturated carbocycles. The van der Waals surface area contributed by atoms with E-state index in [0.29, 0.717) is 34.6 Å². The van der Waals surface area contributed by atoms with E-state index in [0.717, 1.165) is 5.69 Å². The van der Waals surface area contributed by atoms with E-state index in [2.05, 4.69) is 9.71 Å². The quantitative estimate of drug-likeness (QED) is 0.232. The summed E-state index contributed by atoms with van der Waals surface area (Å²) < 4.78 is 46.4. The number of carboxylic acid groups (broad SMARTS) is 1. The summed E-state index contributed by atoms with van der Waals surface area (Å²) in [5.74, 6) is 0.266. The third-order valence-corrected chi connectivity index (χ3v) is 7.28. The number of benzene rings is 3. The fraction of sp³-hybridized carbons (Fsp3) is 0.192. The van der Waals surface area contributed by atoms with Crippen molar-refractivity contribution >= 4 is 44.2 Å². The summed E-state index contributed by atoms with van der Waals surface area (Å²) in [6, 6.07) is 14.3. The van der Waals surface area contributed by atoms with E-state index in [1.54, 1.807) is 36.4 Å². The topological polar surface area (TPSA) is 127 Å². The van der Waals surface area contributed by atoms with Crippen molar-refractivity contribution < 1.29 is 32.5 Å². The number of hydrogen-bond donors (Lipinski definition) is 3. The highest BCUT2D eigenvalue weighted by Gasteiger charge is 2.23. The fourth-order valence-electron chi connectivity index (χ4n) is 3.86. The van der Waals surface area contributed by atoms with Crippen molar-refractivity contribution in [1.82, 2.24) is 4.98 Å². The highest BCUT2D eigenvalue weighted by Crippen LogP contribution is 2.41. The average molecular weight is 545 g/mol. The molecule has 1 heterocycles. The van der Waals surface area contributed by atoms with Crippen molar-refractivity contribution in [3.63, 3.8) is 0 Å². The first kappa shape index (κ1) is 26.2. The van der Waals surface area contributed by atoms with Crippen molar-refractivity contribution in [1.29, 1.82) is 0 Å². The number of carboxylic acids is 1. The number of sulfonamides is 1. The van der Waals surface area contributed by atoms with E-state index >= 15 is 0 Å². The van der Waals surface area contributed by atoms with Crippen LogP contribution in [0.4, 0.5) is 5.69 Å². The van der Waals surface area contributed by atoms with Crippen molar-refractivity contribution in [3.05, 3.63) is 70.9 Å². The molecule has 1 aromatic heterocycles. The Balaban J connectivity index is 1.77. The van der Waals surface area contributed by atoms with Crippen LogP contribution in [0.25, 0.3) is 10.9 Å². The smallest absolute Gasteiger partial charge is 0.307 e. The van der Waals surface area contributed by atoms with Crippen molar-refractivity contribution in [2.75, 3.05) is 18.4 Å². The van der Waals surface area contributed by atoms with E-state index in [1.807, 2.05) is 13.8 Å². The summed E-state index contributed by atoms with van der Waals surface area (Å²) in [6.45, 7) is 4.08. The lowest BCUT2D eigenvalue weighted by molar-refractivity contribution is -0.136. The Labute approximate surface area is 219 Å². The minimum absolute atomic E-state index is 0.00836. The number of hydrogen-bond acceptors (Lipinski definition) is 6. The summed E-state index contributed by atoms with van der Waals surface area (Å²) in [4.78, 5) is 14.1. The maximum atomic E-state index is 13.4. The number of halogens is 1. The fourth-order valence-corrected chi connectivity index (χ4v) is 5.49. The number of nitrogens with one attached hydrogen (secondary N) is 2. The molecule has 3 N–H and O–H groups in total. The zero-order valence-electron chi connectivity index (χ0n) is 20.3. The molecule has 9 nitrogen and oxygen atoms in total. The number of rotatable bonds is 10. The van der Waals surface area contributed by atoms with Gasteiger partial charge in [-0.3, -0.25) is 9.52 Å². The summed E-state index contributed by atoms with van der Waals surface area (Å²) in [7, 11) is -2.70. The van der Waals surface area contributed by atoms with Gasteiger partial charge in [-0.15, -0.1) is 0 Å². The summed E-state index contributed by atoms with van der Waals surface area (Å²) in [5.41, 5.74) is 2.24. The zero-order valence-corrected chi connectivity index (χ0v) is 21.9. The van der Waals surface area contributed by atoms with Gasteiger partial charge in [0.05, 0.1) is 25.2 Å². The third kappa shape index (κ3) is 5.76. The SMILES string of the molecule is CCOc1ccc(S(=O)(=O)Nc2c(Oc3ccc(CC(=O)O)cc3OC)ccc3[nH]c(C)cc23)c(Cl)c1. The van der Waals surface area contributed by atoms with Crippen LogP contribution in [0.15, 0.2) is 59.5 Å². The summed E-state index contributed by atoms with van der Waals surface area (Å²) in [6.07, 6.45) is -0.181. The molecule has 37 heavy (non-hydrogen) atoms. The van der Waals surface area contributed by atoms with Crippen LogP contribution in [0.5, 0.6) is 23.0 Å². The van der Waals surface area contributed by atoms with Gasteiger partial charge in [-0.2, -0.15) is 0 Å². The molecule has 0 aliphatic rings. The van der Waals surface area contributed by atoms with E-state index in [1.165, 1.54) is 25.3 Å². The van der Waals surface area contributed by atoms with Crippen molar-refractivity contribution in [2.24, 2.45) is 0 Å². The van der Waals surface area contributed by atoms with Gasteiger partial charge < -0.3 is 24.3 Å². The van der Waals surface area contributed by atoms with Gasteiger partial charge in [-0.25, -0.2) is 8.42 Å². The van der Waals surface area contributed by atoms with Crippen molar-refractivity contribution in [3.8, 4) is 23.0 Å². The molecule has 194 valence electrons. The van der Waals surface area contributed by atoms with Crippen LogP contribution in [0.3, 0.4) is 0 Å². The lowest BCUT2D eigenvalue weighted by Gasteiger charge is -2.17. The van der Waals surface area contributed by atoms with Gasteiger partial charge >= 0.3 is 5.97 Å². The van der Waals surface area contributed by atoms with Gasteiger partial charge in [-0.05, 0) is 61.9 Å². The average Bonchev–Trinajstić information content (AvgIpc) is 3.22. The predicted molar refractivity (Wildman–Crippen MR) is 141 cm³/mol. The lowest BCUT2D eigenvalue weighted by atomic mass is 10.1. The van der Waals surface area contributed by atoms with Crippen LogP contribution < -0.4 is 18.9 Å². The monoisotopic (exact) mass is 544 g/mol. The number of aliphatic carboxylic acids is 1. The van der Waals surface area contributed by atoms with Crippen molar-refractivity contribution in [2.45, 2.75) is 25.2 Å². The molecule has 0 spiro atoms. The minimum Gasteiger partial charge on any atom is -0.494 e. The van der Waals surface area contributed by atoms with Gasteiger partial charge in [-0.1, -0.05) is 17.7 Å². The first-order valence-corrected chi connectivity index (χ1v) is 13.1. The number of H-pyrrole nitrogens is 1. The van der Waals surface area contributed by atoms with Gasteiger partial charge in [0.25, 0.3) is 10.0 Å². The molecular weight excluding hydrogens is 520 g/mol. The molecule has 0 bridgehead atoms. The lowest BCUT2D eigenvalue weighted by Crippen LogP contribution is -2.14. The van der Waals surface area contributed by atoms with E-state index in [4.69, 9.17) is 30.9 Å². The molecule has 0 unspecified atom stereocenters. The van der Waals surface area contributed by atoms with Gasteiger partial charge in [0.1, 0.15) is 16.3 Å². The maximum Gasteiger partial charge on any atom is 0.307 e. The molecule has 0 aliphatic carbocycles. The summed E-state index contributed by atoms with van der Waals surface area (Å²) in [5, 5.41) is 9.67. The molecule has 4 aromatic rings. The second-order valence-corrected chi connectivity index (χ2v) is 10.2. The number of aromatic nitrogens is 1. The van der Waals surface area contributed by atoms with E-state index < -0.39 is 16.0 Å². The van der Waals surface area contributed by atoms with E-state index in [9.17, 15) is 13.2 Å². The Morgan fingerprint density at radius 1 is 1.05 bits per heavy atom. The standard InChI is InChI=1S/C26H25ClN2O7S/c1-4-35-17-6-10-24(19(27)14-17)37(32,33)29-26-18-11-15(2)28-20(18)7-9-22(26)36-21-8-5-16(13-25(30)31)12-23(21)34-3/h5-12,14,28-29H,4,13H2,1-3H3,(H,30,31). The van der Waals surface area contributed by atoms with Crippen LogP contribution in [-0.2, 0) is 21.2 Å². The summed E-state index contributed by atoms with van der Waals surface area (Å²) >= 11 is 6.30. The van der Waals surface area contributed by atoms with Gasteiger partial charge in [0, 0.05) is 22.7 Å². The van der Waals surface area contributed by atoms with Gasteiger partial charge in [0.2, 0.25) is 0 Å². The third-order valence-electron chi connectivity index (χ3n) is 5.44. The number of ether oxygens (including phenoxy) is 3. The molecule has 0 atom stereocenters. The largest absolute Gasteiger partial charge is 0.494 e. The predicted octanol–water partition coefficient (Wildman–Crippen LogP) is 5.76. The zero-order chi connectivity index (χ0) is 26.7. The van der Waals surface area contributed by atoms with E-state index in [-0.39, 0.29) is 33.5 Å². The number of aryl methyl sites for hydroxylation is 1. The van der Waals surface area contributed by atoms with Crippen LogP contribution in [0.2, 0.25) is 5.02 Å². The highest BCUT2D eigenvalue weighted by molar-refractivity contribution is 7.92. The maximum absolute atomic E-state index is 13.4. The highest BCUT2D eigenvalue weighted by atomic mass is 35.5. The normalized spacial score (nSPS) is 11.4. The van der Waals surface area contributed by atoms with Crippen LogP contribution in [-0.4, -0.2) is 38.2 Å². The molecule has 0 fully saturated rings. The number of aromatic amines is 1. The molecule has 11 heteroatoms. The number of methoxy groups -OCH3 is 1. The second kappa shape index (κ2) is 10.6. The molecule has 0 aliphatic heterocycles. The Morgan fingerprint density at radius 3 is 2.49 bits per heavy atom. The molecule has 0 amide bonds. The van der Waals surface area contributed by atoms with Gasteiger partial charge in [0.15, 0.2) is 17.2 Å². The molecule has 0 saturated heterocycles. The van der Waals surface area contributed by atoms with Crippen LogP contribution in [0, 0.1) is 6.92 Å². The van der Waals surface area contributed by atoms with Crippen LogP contribution in [0.1, 0.15) is 18.2 Å². The molecular formula is C26H25ClN2O7S.